The molecule has 0 fully saturated rings. The van der Waals surface area contributed by atoms with Crippen LogP contribution in [0.3, 0.4) is 0 Å². The lowest BCUT2D eigenvalue weighted by Crippen LogP contribution is -2.43. The maximum absolute atomic E-state index is 11.0. The monoisotopic (exact) mass is 305 g/mol. The van der Waals surface area contributed by atoms with Gasteiger partial charge >= 0.3 is 0 Å². The Morgan fingerprint density at radius 1 is 1.27 bits per heavy atom. The molecule has 1 aliphatic heterocycles. The van der Waals surface area contributed by atoms with Crippen LogP contribution in [0.5, 0.6) is 0 Å². The number of non-ortho nitro benzene ring substituents is 1. The molecule has 0 bridgehead atoms. The molecule has 0 spiro atoms. The van der Waals surface area contributed by atoms with Gasteiger partial charge in [0.25, 0.3) is 5.69 Å². The van der Waals surface area contributed by atoms with Gasteiger partial charge in [-0.3, -0.25) is 15.0 Å². The van der Waals surface area contributed by atoms with Gasteiger partial charge in [0.2, 0.25) is 0 Å². The van der Waals surface area contributed by atoms with Gasteiger partial charge in [-0.25, -0.2) is 0 Å². The molecule has 0 unspecified atom stereocenters. The molecule has 1 aliphatic rings. The number of nitrogens with zero attached hydrogens (tertiary/aromatic N) is 3. The number of fused-ring (bicyclic) bond motifs is 1. The number of benzene rings is 1. The molecule has 1 aromatic rings. The van der Waals surface area contributed by atoms with E-state index < -0.39 is 0 Å². The van der Waals surface area contributed by atoms with Crippen LogP contribution < -0.4 is 4.90 Å². The summed E-state index contributed by atoms with van der Waals surface area (Å²) in [6.07, 6.45) is 2.13. The summed E-state index contributed by atoms with van der Waals surface area (Å²) in [6, 6.07) is 6.30. The van der Waals surface area contributed by atoms with Crippen LogP contribution in [0, 0.1) is 10.1 Å². The molecule has 0 saturated heterocycles. The van der Waals surface area contributed by atoms with Crippen molar-refractivity contribution >= 4 is 11.4 Å². The highest BCUT2D eigenvalue weighted by Gasteiger charge is 2.21. The molecule has 0 N–H and O–H groups in total. The summed E-state index contributed by atoms with van der Waals surface area (Å²) < 4.78 is 0. The topological polar surface area (TPSA) is 49.6 Å². The molecule has 0 saturated carbocycles. The number of hydrogen-bond acceptors (Lipinski definition) is 4. The average Bonchev–Trinajstić information content (AvgIpc) is 2.46. The summed E-state index contributed by atoms with van der Waals surface area (Å²) in [6.45, 7) is 11.8. The van der Waals surface area contributed by atoms with Crippen molar-refractivity contribution in [2.45, 2.75) is 52.6 Å². The Labute approximate surface area is 133 Å². The average molecular weight is 305 g/mol. The van der Waals surface area contributed by atoms with Crippen molar-refractivity contribution in [1.82, 2.24) is 4.90 Å². The Hall–Kier alpha value is -1.62. The van der Waals surface area contributed by atoms with E-state index in [1.807, 2.05) is 6.07 Å². The molecule has 2 rings (SSSR count). The van der Waals surface area contributed by atoms with Crippen LogP contribution in [0.1, 0.15) is 39.7 Å². The molecule has 1 heterocycles. The smallest absolute Gasteiger partial charge is 0.271 e. The van der Waals surface area contributed by atoms with Crippen molar-refractivity contribution in [2.24, 2.45) is 0 Å². The molecular weight excluding hydrogens is 278 g/mol. The lowest BCUT2D eigenvalue weighted by atomic mass is 10.0. The quantitative estimate of drug-likeness (QED) is 0.596. The molecule has 0 aromatic heterocycles. The van der Waals surface area contributed by atoms with E-state index in [1.54, 1.807) is 12.1 Å². The van der Waals surface area contributed by atoms with Crippen molar-refractivity contribution in [2.75, 3.05) is 24.5 Å². The zero-order valence-electron chi connectivity index (χ0n) is 14.1. The molecule has 5 heteroatoms. The number of anilines is 1. The fourth-order valence-electron chi connectivity index (χ4n) is 3.33. The first-order valence-corrected chi connectivity index (χ1v) is 8.18. The van der Waals surface area contributed by atoms with Gasteiger partial charge in [0.05, 0.1) is 4.92 Å². The molecule has 122 valence electrons. The Balaban J connectivity index is 2.14. The van der Waals surface area contributed by atoms with E-state index >= 15 is 0 Å². The van der Waals surface area contributed by atoms with Gasteiger partial charge in [0.1, 0.15) is 0 Å². The SMILES string of the molecule is CC(C)N(CCN1CCCc2ccc([N+](=O)[O-])cc21)C(C)C. The number of rotatable bonds is 6. The minimum atomic E-state index is -0.304. The van der Waals surface area contributed by atoms with Crippen LogP contribution >= 0.6 is 0 Å². The lowest BCUT2D eigenvalue weighted by Gasteiger charge is -2.36. The number of hydrogen-bond donors (Lipinski definition) is 0. The van der Waals surface area contributed by atoms with Crippen molar-refractivity contribution in [1.29, 1.82) is 0 Å². The van der Waals surface area contributed by atoms with Crippen molar-refractivity contribution in [3.63, 3.8) is 0 Å². The minimum absolute atomic E-state index is 0.190. The van der Waals surface area contributed by atoms with Gasteiger partial charge < -0.3 is 4.90 Å². The van der Waals surface area contributed by atoms with Crippen molar-refractivity contribution in [3.05, 3.63) is 33.9 Å². The third kappa shape index (κ3) is 3.77. The number of nitro benzene ring substituents is 1. The van der Waals surface area contributed by atoms with Crippen LogP contribution in [-0.4, -0.2) is 41.5 Å². The first-order chi connectivity index (χ1) is 10.4. The second-order valence-electron chi connectivity index (χ2n) is 6.59. The molecule has 5 nitrogen and oxygen atoms in total. The maximum atomic E-state index is 11.0. The highest BCUT2D eigenvalue weighted by molar-refractivity contribution is 5.60. The Kier molecular flexibility index (Phi) is 5.40. The van der Waals surface area contributed by atoms with Crippen molar-refractivity contribution in [3.8, 4) is 0 Å². The van der Waals surface area contributed by atoms with E-state index in [9.17, 15) is 10.1 Å². The predicted octanol–water partition coefficient (Wildman–Crippen LogP) is 3.47. The van der Waals surface area contributed by atoms with E-state index in [0.29, 0.717) is 12.1 Å². The summed E-state index contributed by atoms with van der Waals surface area (Å²) in [5.74, 6) is 0. The van der Waals surface area contributed by atoms with Crippen LogP contribution in [0.25, 0.3) is 0 Å². The minimum Gasteiger partial charge on any atom is -0.370 e. The largest absolute Gasteiger partial charge is 0.370 e. The van der Waals surface area contributed by atoms with Gasteiger partial charge in [0, 0.05) is 49.5 Å². The summed E-state index contributed by atoms with van der Waals surface area (Å²) in [4.78, 5) is 15.5. The molecule has 0 amide bonds. The number of nitro groups is 1. The second kappa shape index (κ2) is 7.09. The second-order valence-corrected chi connectivity index (χ2v) is 6.59. The first kappa shape index (κ1) is 16.7. The highest BCUT2D eigenvalue weighted by atomic mass is 16.6. The molecular formula is C17H27N3O2. The first-order valence-electron chi connectivity index (χ1n) is 8.18. The Bertz CT molecular complexity index is 521. The highest BCUT2D eigenvalue weighted by Crippen LogP contribution is 2.30. The van der Waals surface area contributed by atoms with E-state index in [2.05, 4.69) is 37.5 Å². The standard InChI is InChI=1S/C17H27N3O2/c1-13(2)19(14(3)4)11-10-18-9-5-6-15-7-8-16(20(21)22)12-17(15)18/h7-8,12-14H,5-6,9-11H2,1-4H3. The van der Waals surface area contributed by atoms with E-state index in [-0.39, 0.29) is 10.6 Å². The van der Waals surface area contributed by atoms with Gasteiger partial charge in [-0.15, -0.1) is 0 Å². The van der Waals surface area contributed by atoms with E-state index in [0.717, 1.165) is 38.2 Å². The predicted molar refractivity (Wildman–Crippen MR) is 90.6 cm³/mol. The molecule has 0 aliphatic carbocycles. The summed E-state index contributed by atoms with van der Waals surface area (Å²) in [5, 5.41) is 11.0. The fraction of sp³-hybridized carbons (Fsp3) is 0.647. The van der Waals surface area contributed by atoms with Crippen LogP contribution in [-0.2, 0) is 6.42 Å². The maximum Gasteiger partial charge on any atom is 0.271 e. The van der Waals surface area contributed by atoms with Gasteiger partial charge in [-0.05, 0) is 46.1 Å². The third-order valence-electron chi connectivity index (χ3n) is 4.45. The summed E-state index contributed by atoms with van der Waals surface area (Å²) >= 11 is 0. The third-order valence-corrected chi connectivity index (χ3v) is 4.45. The lowest BCUT2D eigenvalue weighted by molar-refractivity contribution is -0.384. The van der Waals surface area contributed by atoms with E-state index in [4.69, 9.17) is 0 Å². The normalized spacial score (nSPS) is 14.8. The van der Waals surface area contributed by atoms with Crippen LogP contribution in [0.4, 0.5) is 11.4 Å². The molecule has 0 radical (unpaired) electrons. The van der Waals surface area contributed by atoms with Crippen LogP contribution in [0.15, 0.2) is 18.2 Å². The molecule has 0 atom stereocenters. The summed E-state index contributed by atoms with van der Waals surface area (Å²) in [5.41, 5.74) is 2.47. The van der Waals surface area contributed by atoms with Crippen LogP contribution in [0.2, 0.25) is 0 Å². The Morgan fingerprint density at radius 3 is 2.55 bits per heavy atom. The number of aryl methyl sites for hydroxylation is 1. The molecule has 1 aromatic carbocycles. The zero-order chi connectivity index (χ0) is 16.3. The zero-order valence-corrected chi connectivity index (χ0v) is 14.1. The Morgan fingerprint density at radius 2 is 1.95 bits per heavy atom. The van der Waals surface area contributed by atoms with Gasteiger partial charge in [-0.1, -0.05) is 6.07 Å². The van der Waals surface area contributed by atoms with E-state index in [1.165, 1.54) is 5.56 Å². The van der Waals surface area contributed by atoms with Gasteiger partial charge in [0.15, 0.2) is 0 Å². The molecule has 22 heavy (non-hydrogen) atoms. The van der Waals surface area contributed by atoms with Crippen molar-refractivity contribution < 1.29 is 4.92 Å². The summed E-state index contributed by atoms with van der Waals surface area (Å²) in [7, 11) is 0. The van der Waals surface area contributed by atoms with Gasteiger partial charge in [-0.2, -0.15) is 0 Å². The fourth-order valence-corrected chi connectivity index (χ4v) is 3.33.